The standard InChI is InChI=1S/C24H41F6N3O4S2/c1-3-4-5-6-7-8-9-10-11-12-13-14-15-16-17-18-19-21-31-20-22(32(21)2)33(38(34,35)23(25,26)27)39(36,37)24(28,29)30/h20H,3-19H2,1-2H3/q+2. The molecule has 0 saturated carbocycles. The van der Waals surface area contributed by atoms with Gasteiger partial charge in [-0.1, -0.05) is 103 Å². The van der Waals surface area contributed by atoms with Crippen LogP contribution in [0.15, 0.2) is 4.99 Å². The summed E-state index contributed by atoms with van der Waals surface area (Å²) in [7, 11) is -12.9. The summed E-state index contributed by atoms with van der Waals surface area (Å²) in [5, 5.41) is 0. The van der Waals surface area contributed by atoms with Gasteiger partial charge in [-0.05, 0) is 6.42 Å². The van der Waals surface area contributed by atoms with E-state index >= 15 is 0 Å². The van der Waals surface area contributed by atoms with Crippen LogP contribution >= 0.6 is 0 Å². The van der Waals surface area contributed by atoms with Crippen molar-refractivity contribution in [2.45, 2.75) is 127 Å². The molecule has 0 spiro atoms. The van der Waals surface area contributed by atoms with Crippen LogP contribution < -0.4 is 0 Å². The van der Waals surface area contributed by atoms with Gasteiger partial charge < -0.3 is 0 Å². The molecule has 0 unspecified atom stereocenters. The molecule has 0 aromatic carbocycles. The molecule has 1 rings (SSSR count). The van der Waals surface area contributed by atoms with Crippen LogP contribution in [0.3, 0.4) is 0 Å². The second-order valence-electron chi connectivity index (χ2n) is 9.74. The van der Waals surface area contributed by atoms with E-state index in [4.69, 9.17) is 0 Å². The maximum Gasteiger partial charge on any atom is 0.546 e. The van der Waals surface area contributed by atoms with Gasteiger partial charge >= 0.3 is 42.7 Å². The van der Waals surface area contributed by atoms with E-state index in [2.05, 4.69) is 11.9 Å². The Balaban J connectivity index is 2.53. The zero-order valence-corrected chi connectivity index (χ0v) is 24.3. The van der Waals surface area contributed by atoms with Crippen LogP contribution in [0.4, 0.5) is 26.3 Å². The van der Waals surface area contributed by atoms with Crippen molar-refractivity contribution in [3.05, 3.63) is 0 Å². The largest absolute Gasteiger partial charge is 0.546 e. The predicted molar refractivity (Wildman–Crippen MR) is 139 cm³/mol. The lowest BCUT2D eigenvalue weighted by molar-refractivity contribution is -0.419. The van der Waals surface area contributed by atoms with Gasteiger partial charge in [0.15, 0.2) is 0 Å². The van der Waals surface area contributed by atoms with Crippen molar-refractivity contribution in [3.8, 4) is 0 Å². The van der Waals surface area contributed by atoms with Gasteiger partial charge in [0.2, 0.25) is 0 Å². The second-order valence-corrected chi connectivity index (χ2v) is 13.5. The molecule has 0 amide bonds. The molecule has 39 heavy (non-hydrogen) atoms. The summed E-state index contributed by atoms with van der Waals surface area (Å²) in [6.45, 7) is 2.21. The zero-order valence-electron chi connectivity index (χ0n) is 22.7. The van der Waals surface area contributed by atoms with Gasteiger partial charge in [0.05, 0.1) is 6.42 Å². The molecule has 0 bridgehead atoms. The number of hydrogen-bond acceptors (Lipinski definition) is 5. The Morgan fingerprint density at radius 3 is 1.33 bits per heavy atom. The highest BCUT2D eigenvalue weighted by molar-refractivity contribution is 7.98. The number of hydrogen-bond donors (Lipinski definition) is 0. The van der Waals surface area contributed by atoms with Crippen LogP contribution in [-0.4, -0.2) is 60.7 Å². The van der Waals surface area contributed by atoms with Gasteiger partial charge in [-0.2, -0.15) is 47.8 Å². The van der Waals surface area contributed by atoms with Gasteiger partial charge in [-0.3, -0.25) is 0 Å². The third-order valence-electron chi connectivity index (χ3n) is 6.52. The molecule has 1 heterocycles. The third-order valence-corrected chi connectivity index (χ3v) is 10.1. The Kier molecular flexibility index (Phi) is 14.6. The maximum absolute atomic E-state index is 13.1. The summed E-state index contributed by atoms with van der Waals surface area (Å²) in [6, 6.07) is 0. The molecule has 0 atom stereocenters. The van der Waals surface area contributed by atoms with E-state index in [1.807, 2.05) is 0 Å². The summed E-state index contributed by atoms with van der Waals surface area (Å²) in [6.07, 6.45) is 18.6. The third kappa shape index (κ3) is 10.8. The predicted octanol–water partition coefficient (Wildman–Crippen LogP) is 6.87. The van der Waals surface area contributed by atoms with E-state index in [1.165, 1.54) is 64.2 Å². The summed E-state index contributed by atoms with van der Waals surface area (Å²) in [5.41, 5.74) is -12.6. The van der Waals surface area contributed by atoms with Crippen molar-refractivity contribution < 1.29 is 51.1 Å². The van der Waals surface area contributed by atoms with Crippen LogP contribution in [0, 0.1) is 0 Å². The van der Waals surface area contributed by atoms with E-state index in [-0.39, 0.29) is 12.3 Å². The fraction of sp³-hybridized carbons (Fsp3) is 0.875. The van der Waals surface area contributed by atoms with E-state index in [0.29, 0.717) is 17.2 Å². The molecule has 15 heteroatoms. The number of amidine groups is 2. The highest BCUT2D eigenvalue weighted by Gasteiger charge is 2.67. The normalized spacial score (nSPS) is 15.0. The maximum atomic E-state index is 13.1. The van der Waals surface area contributed by atoms with Crippen LogP contribution in [-0.2, 0) is 20.0 Å². The van der Waals surface area contributed by atoms with Crippen LogP contribution in [0.5, 0.6) is 0 Å². The summed E-state index contributed by atoms with van der Waals surface area (Å²) in [4.78, 5) is 3.69. The first-order valence-electron chi connectivity index (χ1n) is 13.5. The second kappa shape index (κ2) is 16.1. The average Bonchev–Trinajstić information content (AvgIpc) is 3.16. The first kappa shape index (κ1) is 35.5. The molecule has 228 valence electrons. The molecular formula is C24H41F6N3O4S2+2. The molecule has 0 fully saturated rings. The Hall–Kier alpha value is -1.51. The van der Waals surface area contributed by atoms with E-state index < -0.39 is 40.3 Å². The molecular weight excluding hydrogens is 572 g/mol. The van der Waals surface area contributed by atoms with Gasteiger partial charge in [0, 0.05) is 8.38 Å². The summed E-state index contributed by atoms with van der Waals surface area (Å²) >= 11 is 0. The van der Waals surface area contributed by atoms with Crippen LogP contribution in [0.1, 0.15) is 116 Å². The van der Waals surface area contributed by atoms with E-state index in [0.717, 1.165) is 39.2 Å². The van der Waals surface area contributed by atoms with Crippen molar-refractivity contribution in [2.75, 3.05) is 7.05 Å². The van der Waals surface area contributed by atoms with Crippen LogP contribution in [0.25, 0.3) is 0 Å². The quantitative estimate of drug-likeness (QED) is 0.0904. The van der Waals surface area contributed by atoms with E-state index in [9.17, 15) is 43.2 Å². The van der Waals surface area contributed by atoms with Crippen molar-refractivity contribution in [1.29, 1.82) is 0 Å². The van der Waals surface area contributed by atoms with Gasteiger partial charge in [-0.25, -0.2) is 0 Å². The fourth-order valence-corrected chi connectivity index (χ4v) is 6.98. The van der Waals surface area contributed by atoms with Crippen LogP contribution in [0.2, 0.25) is 0 Å². The van der Waals surface area contributed by atoms with Gasteiger partial charge in [-0.15, -0.1) is 0 Å². The molecule has 0 aromatic heterocycles. The fourth-order valence-electron chi connectivity index (χ4n) is 4.23. The summed E-state index contributed by atoms with van der Waals surface area (Å²) < 4.78 is 125. The average molecular weight is 614 g/mol. The Morgan fingerprint density at radius 1 is 0.667 bits per heavy atom. The Morgan fingerprint density at radius 2 is 1.00 bits per heavy atom. The zero-order chi connectivity index (χ0) is 29.7. The lowest BCUT2D eigenvalue weighted by atomic mass is 10.0. The number of alkyl halides is 6. The molecule has 0 radical (unpaired) electrons. The Bertz CT molecular complexity index is 1030. The number of unbranched alkanes of at least 4 members (excludes halogenated alkanes) is 15. The number of aliphatic imine (C=N–C) groups is 1. The molecule has 1 aliphatic heterocycles. The number of rotatable bonds is 19. The molecule has 0 aliphatic carbocycles. The number of sulfonamides is 2. The minimum Gasteiger partial charge on any atom is -0.166 e. The van der Waals surface area contributed by atoms with Crippen molar-refractivity contribution in [2.24, 2.45) is 4.99 Å². The minimum absolute atomic E-state index is 0.0323. The first-order chi connectivity index (χ1) is 18.1. The number of halogens is 6. The molecule has 0 saturated heterocycles. The van der Waals surface area contributed by atoms with Crippen molar-refractivity contribution in [3.63, 3.8) is 0 Å². The summed E-state index contributed by atoms with van der Waals surface area (Å²) in [5.74, 6) is -1.40. The topological polar surface area (TPSA) is 86.7 Å². The number of nitrogens with zero attached hydrogens (tertiary/aromatic N) is 3. The van der Waals surface area contributed by atoms with Crippen molar-refractivity contribution >= 4 is 37.9 Å². The molecule has 1 aliphatic rings. The minimum atomic E-state index is -6.93. The Labute approximate surface area is 228 Å². The SMILES string of the molecule is CCCCCCCCCCCCCCCCCCC1=[N+](C)C(=[N+](S(=O)(=O)C(F)(F)F)S(=O)(=O)C(F)(F)F)C=N1. The molecule has 7 nitrogen and oxygen atoms in total. The highest BCUT2D eigenvalue weighted by Crippen LogP contribution is 2.33. The lowest BCUT2D eigenvalue weighted by Gasteiger charge is -2.11. The molecule has 0 aromatic rings. The van der Waals surface area contributed by atoms with Gasteiger partial charge in [0.25, 0.3) is 6.21 Å². The first-order valence-corrected chi connectivity index (χ1v) is 16.4. The highest BCUT2D eigenvalue weighted by atomic mass is 32.3. The van der Waals surface area contributed by atoms with E-state index in [1.54, 1.807) is 0 Å². The van der Waals surface area contributed by atoms with Crippen molar-refractivity contribution in [1.82, 2.24) is 0 Å². The smallest absolute Gasteiger partial charge is 0.166 e. The molecule has 0 N–H and O–H groups in total. The van der Waals surface area contributed by atoms with Gasteiger partial charge in [0.1, 0.15) is 7.05 Å². The lowest BCUT2D eigenvalue weighted by Crippen LogP contribution is -2.48. The monoisotopic (exact) mass is 613 g/mol.